The lowest BCUT2D eigenvalue weighted by atomic mass is 10.0. The zero-order chi connectivity index (χ0) is 13.3. The lowest BCUT2D eigenvalue weighted by Crippen LogP contribution is -1.90. The van der Waals surface area contributed by atoms with Gasteiger partial charge in [0.1, 0.15) is 6.67 Å². The van der Waals surface area contributed by atoms with Crippen LogP contribution in [-0.2, 0) is 6.67 Å². The zero-order valence-corrected chi connectivity index (χ0v) is 13.2. The van der Waals surface area contributed by atoms with Crippen LogP contribution in [0.4, 0.5) is 4.39 Å². The van der Waals surface area contributed by atoms with Crippen LogP contribution in [0, 0.1) is 0 Å². The Kier molecular flexibility index (Phi) is 4.41. The van der Waals surface area contributed by atoms with E-state index in [0.29, 0.717) is 16.5 Å². The molecular formula is C13H12BrClFNS. The Labute approximate surface area is 123 Å². The molecule has 0 radical (unpaired) electrons. The highest BCUT2D eigenvalue weighted by molar-refractivity contribution is 9.11. The smallest absolute Gasteiger partial charge is 0.160 e. The van der Waals surface area contributed by atoms with E-state index in [-0.39, 0.29) is 0 Å². The average Bonchev–Trinajstić information content (AvgIpc) is 2.72. The first-order valence-electron chi connectivity index (χ1n) is 5.54. The number of hydrogen-bond acceptors (Lipinski definition) is 2. The molecular weight excluding hydrogens is 337 g/mol. The maximum Gasteiger partial charge on any atom is 0.160 e. The lowest BCUT2D eigenvalue weighted by Gasteiger charge is -2.07. The molecule has 0 aliphatic heterocycles. The number of nitrogens with zero attached hydrogens (tertiary/aromatic N) is 1. The first-order valence-corrected chi connectivity index (χ1v) is 7.52. The first-order chi connectivity index (χ1) is 8.52. The Balaban J connectivity index is 2.54. The minimum Gasteiger partial charge on any atom is -0.246 e. The summed E-state index contributed by atoms with van der Waals surface area (Å²) in [6.45, 7) is 3.68. The topological polar surface area (TPSA) is 12.9 Å². The van der Waals surface area contributed by atoms with Crippen molar-refractivity contribution in [2.24, 2.45) is 0 Å². The predicted molar refractivity (Wildman–Crippen MR) is 79.2 cm³/mol. The Morgan fingerprint density at radius 1 is 1.44 bits per heavy atom. The van der Waals surface area contributed by atoms with Gasteiger partial charge in [0.2, 0.25) is 0 Å². The summed E-state index contributed by atoms with van der Waals surface area (Å²) in [6, 6.07) is 5.38. The molecule has 1 aromatic heterocycles. The largest absolute Gasteiger partial charge is 0.246 e. The number of alkyl halides is 1. The lowest BCUT2D eigenvalue weighted by molar-refractivity contribution is 0.485. The number of thiazole rings is 1. The molecule has 0 atom stereocenters. The second-order valence-corrected chi connectivity index (χ2v) is 6.99. The van der Waals surface area contributed by atoms with Crippen molar-refractivity contribution in [2.45, 2.75) is 26.4 Å². The minimum atomic E-state index is -0.561. The Bertz CT molecular complexity index is 568. The zero-order valence-electron chi connectivity index (χ0n) is 10.0. The van der Waals surface area contributed by atoms with Crippen LogP contribution in [0.1, 0.15) is 30.2 Å². The van der Waals surface area contributed by atoms with Crippen LogP contribution in [0.25, 0.3) is 11.3 Å². The van der Waals surface area contributed by atoms with Crippen molar-refractivity contribution in [1.29, 1.82) is 0 Å². The second-order valence-electron chi connectivity index (χ2n) is 4.27. The highest BCUT2D eigenvalue weighted by Crippen LogP contribution is 2.37. The third-order valence-corrected chi connectivity index (χ3v) is 4.79. The summed E-state index contributed by atoms with van der Waals surface area (Å²) >= 11 is 10.9. The highest BCUT2D eigenvalue weighted by atomic mass is 79.9. The molecule has 0 unspecified atom stereocenters. The number of hydrogen-bond donors (Lipinski definition) is 0. The van der Waals surface area contributed by atoms with Crippen molar-refractivity contribution in [1.82, 2.24) is 4.98 Å². The van der Waals surface area contributed by atoms with Gasteiger partial charge in [-0.15, -0.1) is 11.3 Å². The van der Waals surface area contributed by atoms with Gasteiger partial charge in [0.15, 0.2) is 3.92 Å². The van der Waals surface area contributed by atoms with Crippen molar-refractivity contribution in [2.75, 3.05) is 0 Å². The van der Waals surface area contributed by atoms with Gasteiger partial charge in [-0.1, -0.05) is 31.5 Å². The molecule has 0 aliphatic carbocycles. The van der Waals surface area contributed by atoms with Crippen molar-refractivity contribution >= 4 is 38.9 Å². The summed E-state index contributed by atoms with van der Waals surface area (Å²) in [5.41, 5.74) is 2.33. The number of benzene rings is 1. The fraction of sp³-hybridized carbons (Fsp3) is 0.308. The molecule has 0 N–H and O–H groups in total. The summed E-state index contributed by atoms with van der Waals surface area (Å²) < 4.78 is 13.7. The van der Waals surface area contributed by atoms with Crippen LogP contribution >= 0.6 is 38.9 Å². The van der Waals surface area contributed by atoms with E-state index in [1.54, 1.807) is 23.5 Å². The van der Waals surface area contributed by atoms with E-state index in [1.807, 2.05) is 6.07 Å². The standard InChI is InChI=1S/C13H12BrClFNS/c1-7(2)12-11(17-13(14)18-12)8-3-4-10(15)9(5-8)6-16/h3-5,7H,6H2,1-2H3. The van der Waals surface area contributed by atoms with E-state index in [0.717, 1.165) is 15.2 Å². The molecule has 0 aliphatic rings. The molecule has 0 saturated heterocycles. The van der Waals surface area contributed by atoms with Crippen molar-refractivity contribution < 1.29 is 4.39 Å². The Morgan fingerprint density at radius 2 is 2.17 bits per heavy atom. The molecule has 0 spiro atoms. The van der Waals surface area contributed by atoms with Gasteiger partial charge in [-0.05, 0) is 34.0 Å². The van der Waals surface area contributed by atoms with E-state index in [4.69, 9.17) is 11.6 Å². The third-order valence-electron chi connectivity index (χ3n) is 2.61. The molecule has 2 aromatic rings. The van der Waals surface area contributed by atoms with Crippen LogP contribution in [0.5, 0.6) is 0 Å². The highest BCUT2D eigenvalue weighted by Gasteiger charge is 2.15. The average molecular weight is 349 g/mol. The number of rotatable bonds is 3. The number of aromatic nitrogens is 1. The van der Waals surface area contributed by atoms with Gasteiger partial charge in [0.05, 0.1) is 5.69 Å². The van der Waals surface area contributed by atoms with Gasteiger partial charge in [-0.3, -0.25) is 0 Å². The predicted octanol–water partition coefficient (Wildman–Crippen LogP) is 5.82. The maximum atomic E-state index is 12.8. The molecule has 2 rings (SSSR count). The van der Waals surface area contributed by atoms with Crippen LogP contribution < -0.4 is 0 Å². The molecule has 5 heteroatoms. The van der Waals surface area contributed by atoms with Crippen LogP contribution in [-0.4, -0.2) is 4.98 Å². The van der Waals surface area contributed by atoms with E-state index in [9.17, 15) is 4.39 Å². The molecule has 1 heterocycles. The third kappa shape index (κ3) is 2.76. The molecule has 1 aromatic carbocycles. The van der Waals surface area contributed by atoms with Gasteiger partial charge in [-0.2, -0.15) is 0 Å². The molecule has 0 fully saturated rings. The first kappa shape index (κ1) is 14.0. The van der Waals surface area contributed by atoms with Gasteiger partial charge in [-0.25, -0.2) is 9.37 Å². The van der Waals surface area contributed by atoms with E-state index in [2.05, 4.69) is 34.8 Å². The molecule has 18 heavy (non-hydrogen) atoms. The SMILES string of the molecule is CC(C)c1sc(Br)nc1-c1ccc(Cl)c(CF)c1. The summed E-state index contributed by atoms with van der Waals surface area (Å²) in [7, 11) is 0. The molecule has 0 amide bonds. The Morgan fingerprint density at radius 3 is 2.78 bits per heavy atom. The van der Waals surface area contributed by atoms with Crippen LogP contribution in [0.15, 0.2) is 22.1 Å². The summed E-state index contributed by atoms with van der Waals surface area (Å²) in [4.78, 5) is 5.67. The molecule has 0 saturated carbocycles. The summed E-state index contributed by atoms with van der Waals surface area (Å²) in [6.07, 6.45) is 0. The fourth-order valence-corrected chi connectivity index (χ4v) is 3.41. The summed E-state index contributed by atoms with van der Waals surface area (Å²) in [5, 5.41) is 0.460. The normalized spacial score (nSPS) is 11.2. The molecule has 0 bridgehead atoms. The van der Waals surface area contributed by atoms with Gasteiger partial charge < -0.3 is 0 Å². The van der Waals surface area contributed by atoms with E-state index >= 15 is 0 Å². The Hall–Kier alpha value is -0.450. The van der Waals surface area contributed by atoms with Crippen LogP contribution in [0.2, 0.25) is 5.02 Å². The van der Waals surface area contributed by atoms with E-state index in [1.165, 1.54) is 4.88 Å². The minimum absolute atomic E-state index is 0.383. The number of halogens is 3. The van der Waals surface area contributed by atoms with E-state index < -0.39 is 6.67 Å². The quantitative estimate of drug-likeness (QED) is 0.681. The molecule has 1 nitrogen and oxygen atoms in total. The van der Waals surface area contributed by atoms with Crippen molar-refractivity contribution in [3.63, 3.8) is 0 Å². The van der Waals surface area contributed by atoms with Gasteiger partial charge >= 0.3 is 0 Å². The second kappa shape index (κ2) is 5.68. The molecule has 96 valence electrons. The van der Waals surface area contributed by atoms with Crippen LogP contribution in [0.3, 0.4) is 0 Å². The van der Waals surface area contributed by atoms with Gasteiger partial charge in [0, 0.05) is 21.0 Å². The fourth-order valence-electron chi connectivity index (χ4n) is 1.73. The summed E-state index contributed by atoms with van der Waals surface area (Å²) in [5.74, 6) is 0.383. The van der Waals surface area contributed by atoms with Gasteiger partial charge in [0.25, 0.3) is 0 Å². The van der Waals surface area contributed by atoms with Crippen molar-refractivity contribution in [3.8, 4) is 11.3 Å². The monoisotopic (exact) mass is 347 g/mol. The van der Waals surface area contributed by atoms with Crippen molar-refractivity contribution in [3.05, 3.63) is 37.6 Å². The maximum absolute atomic E-state index is 12.8.